The largest absolute Gasteiger partial charge is 0.550 e. The molecule has 7 amide bonds. The van der Waals surface area contributed by atoms with E-state index in [4.69, 9.17) is 49.5 Å². The molecule has 0 saturated carbocycles. The van der Waals surface area contributed by atoms with E-state index in [-0.39, 0.29) is 52.5 Å². The molecule has 7 rings (SSSR count). The Morgan fingerprint density at radius 3 is 0.447 bits per heavy atom. The molecule has 0 aromatic heterocycles. The Labute approximate surface area is 683 Å². The van der Waals surface area contributed by atoms with Crippen LogP contribution in [0.1, 0.15) is 162 Å². The predicted octanol–water partition coefficient (Wildman–Crippen LogP) is -14.9. The molecule has 0 aliphatic carbocycles. The van der Waals surface area contributed by atoms with Crippen LogP contribution in [0.15, 0.2) is 62.3 Å². The van der Waals surface area contributed by atoms with Crippen LogP contribution in [0, 0.1) is 0 Å². The normalized spacial score (nSPS) is 15.0. The maximum absolute atomic E-state index is 10.9. The third-order valence-corrected chi connectivity index (χ3v) is 17.8. The molecule has 660 valence electrons. The van der Waals surface area contributed by atoms with Crippen LogP contribution in [-0.4, -0.2) is 276 Å². The van der Waals surface area contributed by atoms with Gasteiger partial charge in [-0.15, -0.1) is 11.6 Å². The maximum atomic E-state index is 10.9. The molecule has 0 bridgehead atoms. The lowest BCUT2D eigenvalue weighted by Crippen LogP contribution is -3.12. The van der Waals surface area contributed by atoms with Gasteiger partial charge in [-0.3, -0.25) is 33.6 Å². The quantitative estimate of drug-likeness (QED) is 0.0268. The number of halogens is 1. The van der Waals surface area contributed by atoms with Crippen LogP contribution < -0.4 is 107 Å². The van der Waals surface area contributed by atoms with Crippen molar-refractivity contribution in [1.29, 1.82) is 0 Å². The Balaban J connectivity index is -0.000000219. The second kappa shape index (κ2) is 85.2. The van der Waals surface area contributed by atoms with Crippen LogP contribution in [0.4, 0.5) is 0 Å². The van der Waals surface area contributed by atoms with Crippen molar-refractivity contribution in [3.8, 4) is 0 Å². The molecule has 7 aliphatic rings. The first-order valence-corrected chi connectivity index (χ1v) is 39.9. The zero-order valence-corrected chi connectivity index (χ0v) is 71.1. The highest BCUT2D eigenvalue weighted by atomic mass is 35.5. The Hall–Kier alpha value is -8.71. The topological polar surface area (TPSA) is 516 Å². The van der Waals surface area contributed by atoms with Crippen molar-refractivity contribution in [1.82, 2.24) is 37.2 Å². The van der Waals surface area contributed by atoms with E-state index in [1.807, 2.05) is 0 Å². The van der Waals surface area contributed by atoms with Crippen molar-refractivity contribution in [3.05, 3.63) is 62.3 Å². The van der Waals surface area contributed by atoms with Crippen LogP contribution in [0.2, 0.25) is 0 Å². The predicted molar refractivity (Wildman–Crippen MR) is 421 cm³/mol. The molecule has 114 heavy (non-hydrogen) atoms. The molecule has 0 spiro atoms. The summed E-state index contributed by atoms with van der Waals surface area (Å²) in [5.74, 6) is -7.60. The van der Waals surface area contributed by atoms with Crippen molar-refractivity contribution in [3.63, 3.8) is 0 Å². The number of carboxylic acid groups (broad SMARTS) is 7. The smallest absolute Gasteiger partial charge is 0.225 e. The first kappa shape index (κ1) is 119. The number of carboxylic acids is 7. The summed E-state index contributed by atoms with van der Waals surface area (Å²) in [5.41, 5.74) is 0.130. The van der Waals surface area contributed by atoms with Crippen LogP contribution in [0.5, 0.6) is 0 Å². The van der Waals surface area contributed by atoms with Gasteiger partial charge in [0.05, 0.1) is 224 Å². The number of nitrogens with one attached hydrogen (secondary N) is 14. The summed E-state index contributed by atoms with van der Waals surface area (Å²) in [6.07, 6.45) is 27.1. The lowest BCUT2D eigenvalue weighted by molar-refractivity contribution is -0.904. The molecule has 0 radical (unpaired) electrons. The average molecular weight is 1650 g/mol. The van der Waals surface area contributed by atoms with Gasteiger partial charge >= 0.3 is 0 Å². The number of carbonyl (C=O) groups is 14. The second-order valence-corrected chi connectivity index (χ2v) is 27.2. The van der Waals surface area contributed by atoms with Crippen LogP contribution in [0.25, 0.3) is 0 Å². The van der Waals surface area contributed by atoms with E-state index in [0.29, 0.717) is 44.9 Å². The van der Waals surface area contributed by atoms with E-state index < -0.39 is 47.7 Å². The van der Waals surface area contributed by atoms with Crippen molar-refractivity contribution >= 4 is 94.7 Å². The number of piperidine rings is 1. The Morgan fingerprint density at radius 1 is 0.281 bits per heavy atom. The van der Waals surface area contributed by atoms with E-state index in [1.165, 1.54) is 202 Å². The molecule has 7 aliphatic heterocycles. The van der Waals surface area contributed by atoms with Gasteiger partial charge in [0.1, 0.15) is 0 Å². The number of aliphatic carboxylic acids is 7. The van der Waals surface area contributed by atoms with Crippen molar-refractivity contribution in [2.24, 2.45) is 0 Å². The molecule has 0 aromatic rings. The first-order valence-electron chi connectivity index (χ1n) is 39.4. The number of likely N-dealkylation sites (tertiary alicyclic amines) is 7. The zero-order valence-electron chi connectivity index (χ0n) is 70.3. The molecule has 0 aromatic carbocycles. The molecule has 7 fully saturated rings. The van der Waals surface area contributed by atoms with Gasteiger partial charge in [0.2, 0.25) is 41.4 Å². The Kier molecular flexibility index (Phi) is 88.6. The maximum Gasteiger partial charge on any atom is 0.225 e. The second-order valence-electron chi connectivity index (χ2n) is 27.0. The van der Waals surface area contributed by atoms with Crippen LogP contribution in [-0.2, 0) is 67.1 Å². The van der Waals surface area contributed by atoms with E-state index >= 15 is 0 Å². The van der Waals surface area contributed by atoms with Crippen molar-refractivity contribution in [2.45, 2.75) is 162 Å². The Morgan fingerprint density at radius 2 is 0.377 bits per heavy atom. The highest BCUT2D eigenvalue weighted by Gasteiger charge is 2.21. The molecule has 7 heterocycles. The van der Waals surface area contributed by atoms with Gasteiger partial charge in [-0.2, -0.15) is 0 Å². The minimum absolute atomic E-state index is 0.0648. The SMILES string of the molecule is C=C(C)C(=O)[O-].C=C(C)C(=O)[O-].C=CC(=O)[O-].C=CC(=O)[O-].C=CC(=O)[O-].CC(=O)[O-].CNC(=O)CC[NH+]1CCCC1.CNC(=O)CC[NH+]1CCCC1.CNC(=O)CC[NH+]1CCCC1.CNC(=O)CC[NH+]1CCCC1.CNC(=O)CC[NH+]1CCCC1.CNC(=O)CC[NH+]1CCCC1.CNC(=O)CC[NH+]1CCCCC1.O=C([O-])CCl. The number of rotatable bonds is 27. The first-order chi connectivity index (χ1) is 53.9. The van der Waals surface area contributed by atoms with E-state index in [1.54, 1.807) is 83.6 Å². The summed E-state index contributed by atoms with van der Waals surface area (Å²) in [5, 5.41) is 82.9. The summed E-state index contributed by atoms with van der Waals surface area (Å²) in [7, 11) is 11.9. The summed E-state index contributed by atoms with van der Waals surface area (Å²) in [4.78, 5) is 152. The fourth-order valence-electron chi connectivity index (χ4n) is 11.0. The summed E-state index contributed by atoms with van der Waals surface area (Å²) < 4.78 is 0. The molecule has 14 N–H and O–H groups in total. The number of carbonyl (C=O) groups excluding carboxylic acids is 14. The van der Waals surface area contributed by atoms with Gasteiger partial charge in [-0.25, -0.2) is 0 Å². The lowest BCUT2D eigenvalue weighted by atomic mass is 10.1. The van der Waals surface area contributed by atoms with Gasteiger partial charge in [-0.1, -0.05) is 32.9 Å². The summed E-state index contributed by atoms with van der Waals surface area (Å²) in [6, 6.07) is 0. The number of amides is 7. The number of hydrogen-bond acceptors (Lipinski definition) is 21. The van der Waals surface area contributed by atoms with Crippen LogP contribution >= 0.6 is 11.6 Å². The monoisotopic (exact) mass is 1650 g/mol. The third kappa shape index (κ3) is 95.7. The molecule has 35 nitrogen and oxygen atoms in total. The molecule has 0 atom stereocenters. The van der Waals surface area contributed by atoms with Gasteiger partial charge in [0.25, 0.3) is 0 Å². The van der Waals surface area contributed by atoms with E-state index in [0.717, 1.165) is 71.0 Å². The average Bonchev–Trinajstić information content (AvgIpc) is 1.97. The number of hydrogen-bond donors (Lipinski definition) is 14. The summed E-state index contributed by atoms with van der Waals surface area (Å²) >= 11 is 4.67. The number of quaternary nitrogens is 7. The van der Waals surface area contributed by atoms with E-state index in [2.05, 4.69) is 81.7 Å². The standard InChI is InChI=1S/C9H18N2O.6C8H16N2O.2C4H6O2.3C3H4O2.C2H3ClO2.C2H4O2/c1-10-9(12)5-8-11-6-3-2-4-7-11;6*1-9-8(11)4-7-10-5-2-3-6-10;2*1-3(2)4(5)6;3*1-2-3(4)5;3-1-2(4)5;1-2(3)4/h2-8H2,1H3,(H,10,12);6*2-7H2,1H3,(H,9,11);2*1H2,2H3,(H,5,6);3*2H,1H2,(H,4,5);1H2,(H,4,5);1H3,(H,3,4). The van der Waals surface area contributed by atoms with Gasteiger partial charge in [-0.05, 0) is 69.4 Å². The van der Waals surface area contributed by atoms with Gasteiger partial charge < -0.3 is 141 Å². The van der Waals surface area contributed by atoms with Gasteiger partial charge in [0, 0.05) is 132 Å². The fraction of sp³-hybridized carbons (Fsp3) is 0.692. The van der Waals surface area contributed by atoms with E-state index in [9.17, 15) is 53.4 Å². The fourth-order valence-corrected chi connectivity index (χ4v) is 11.0. The van der Waals surface area contributed by atoms with Crippen LogP contribution in [0.3, 0.4) is 0 Å². The molecule has 36 heteroatoms. The summed E-state index contributed by atoms with van der Waals surface area (Å²) in [6.45, 7) is 43.4. The molecule has 0 unspecified atom stereocenters. The third-order valence-electron chi connectivity index (χ3n) is 17.6. The van der Waals surface area contributed by atoms with Crippen molar-refractivity contribution < 1.29 is 137 Å². The minimum Gasteiger partial charge on any atom is -0.550 e. The number of alkyl halides is 1. The lowest BCUT2D eigenvalue weighted by Gasteiger charge is -2.22. The van der Waals surface area contributed by atoms with Gasteiger partial charge in [0.15, 0.2) is 0 Å². The highest BCUT2D eigenvalue weighted by Crippen LogP contribution is 1.95. The Bertz CT molecular complexity index is 2330. The minimum atomic E-state index is -1.23. The zero-order chi connectivity index (χ0) is 88.5. The van der Waals surface area contributed by atoms with Crippen molar-refractivity contribution in [2.75, 3.05) is 193 Å². The molecular weight excluding hydrogens is 1500 g/mol. The highest BCUT2D eigenvalue weighted by molar-refractivity contribution is 6.25. The molecule has 7 saturated heterocycles. The molecular formula is C78H145ClN14O21.